The van der Waals surface area contributed by atoms with Gasteiger partial charge in [-0.25, -0.2) is 9.97 Å². The number of hydrogen-bond donors (Lipinski definition) is 3. The first-order chi connectivity index (χ1) is 16.4. The van der Waals surface area contributed by atoms with Gasteiger partial charge in [0.2, 0.25) is 0 Å². The summed E-state index contributed by atoms with van der Waals surface area (Å²) in [5.74, 6) is -0.563. The van der Waals surface area contributed by atoms with Gasteiger partial charge in [-0.15, -0.1) is 0 Å². The highest BCUT2D eigenvalue weighted by Crippen LogP contribution is 2.34. The Morgan fingerprint density at radius 2 is 1.71 bits per heavy atom. The van der Waals surface area contributed by atoms with Gasteiger partial charge in [0.15, 0.2) is 11.4 Å². The van der Waals surface area contributed by atoms with Crippen LogP contribution in [0.15, 0.2) is 24.3 Å². The molecule has 1 amide bonds. The van der Waals surface area contributed by atoms with Crippen LogP contribution in [-0.2, 0) is 11.2 Å². The first-order valence-electron chi connectivity index (χ1n) is 12.3. The Morgan fingerprint density at radius 1 is 1.03 bits per heavy atom. The van der Waals surface area contributed by atoms with Crippen LogP contribution >= 0.6 is 0 Å². The van der Waals surface area contributed by atoms with E-state index in [4.69, 9.17) is 5.11 Å². The van der Waals surface area contributed by atoms with Crippen molar-refractivity contribution in [1.82, 2.24) is 15.3 Å². The number of hydrogen-bond acceptors (Lipinski definition) is 6. The fourth-order valence-electron chi connectivity index (χ4n) is 5.16. The third-order valence-electron chi connectivity index (χ3n) is 7.14. The molecule has 2 aliphatic rings. The maximum Gasteiger partial charge on any atom is 0.322 e. The number of carbonyl (C=O) groups is 2. The number of carbonyl (C=O) groups excluding carboxylic acids is 1. The molecule has 0 spiro atoms. The second-order valence-corrected chi connectivity index (χ2v) is 9.56. The van der Waals surface area contributed by atoms with E-state index in [1.54, 1.807) is 6.92 Å². The van der Waals surface area contributed by atoms with Crippen molar-refractivity contribution in [2.45, 2.75) is 64.2 Å². The number of benzene rings is 1. The monoisotopic (exact) mass is 466 g/mol. The number of aliphatic carboxylic acids is 1. The summed E-state index contributed by atoms with van der Waals surface area (Å²) in [5.41, 5.74) is 2.90. The number of aromatic hydroxyl groups is 1. The van der Waals surface area contributed by atoms with Crippen LogP contribution in [0.2, 0.25) is 0 Å². The van der Waals surface area contributed by atoms with Gasteiger partial charge in [-0.05, 0) is 62.1 Å². The van der Waals surface area contributed by atoms with Crippen molar-refractivity contribution < 1.29 is 19.8 Å². The second-order valence-electron chi connectivity index (χ2n) is 9.56. The predicted molar refractivity (Wildman–Crippen MR) is 129 cm³/mol. The molecule has 1 aromatic heterocycles. The van der Waals surface area contributed by atoms with Crippen LogP contribution in [0.1, 0.15) is 78.4 Å². The lowest BCUT2D eigenvalue weighted by Crippen LogP contribution is -2.34. The van der Waals surface area contributed by atoms with E-state index in [-0.39, 0.29) is 11.4 Å². The van der Waals surface area contributed by atoms with Gasteiger partial charge in [0.1, 0.15) is 12.4 Å². The van der Waals surface area contributed by atoms with Crippen molar-refractivity contribution in [3.63, 3.8) is 0 Å². The fraction of sp³-hybridized carbons (Fsp3) is 0.538. The lowest BCUT2D eigenvalue weighted by Gasteiger charge is -2.34. The van der Waals surface area contributed by atoms with Crippen LogP contribution in [0, 0.1) is 12.8 Å². The Morgan fingerprint density at radius 3 is 2.35 bits per heavy atom. The molecule has 1 aliphatic carbocycles. The number of anilines is 1. The van der Waals surface area contributed by atoms with Gasteiger partial charge in [0, 0.05) is 25.2 Å². The van der Waals surface area contributed by atoms with Gasteiger partial charge < -0.3 is 20.4 Å². The molecular weight excluding hydrogens is 432 g/mol. The smallest absolute Gasteiger partial charge is 0.322 e. The summed E-state index contributed by atoms with van der Waals surface area (Å²) in [6, 6.07) is 9.14. The number of nitrogens with one attached hydrogen (secondary N) is 1. The summed E-state index contributed by atoms with van der Waals surface area (Å²) in [6.07, 6.45) is 9.30. The average molecular weight is 467 g/mol. The van der Waals surface area contributed by atoms with E-state index < -0.39 is 18.4 Å². The van der Waals surface area contributed by atoms with Gasteiger partial charge >= 0.3 is 5.97 Å². The number of piperidine rings is 1. The van der Waals surface area contributed by atoms with Crippen molar-refractivity contribution in [2.75, 3.05) is 24.5 Å². The minimum absolute atomic E-state index is 0.167. The number of aryl methyl sites for hydroxylation is 1. The lowest BCUT2D eigenvalue weighted by atomic mass is 9.84. The van der Waals surface area contributed by atoms with Gasteiger partial charge in [-0.1, -0.05) is 31.4 Å². The first-order valence-corrected chi connectivity index (χ1v) is 12.3. The Kier molecular flexibility index (Phi) is 7.65. The molecular formula is C26H34N4O4. The van der Waals surface area contributed by atoms with Crippen LogP contribution in [0.3, 0.4) is 0 Å². The quantitative estimate of drug-likeness (QED) is 0.568. The Balaban J connectivity index is 1.34. The van der Waals surface area contributed by atoms with Gasteiger partial charge in [-0.3, -0.25) is 9.59 Å². The molecule has 0 bridgehead atoms. The molecule has 2 heterocycles. The minimum atomic E-state index is -1.16. The molecule has 8 heteroatoms. The Bertz CT molecular complexity index is 1010. The SMILES string of the molecule is Cc1nc(CC2CCN(c3ccc(C4CCCCC4)cc3)CC2)nc(C(=O)NCC(=O)O)c1O. The summed E-state index contributed by atoms with van der Waals surface area (Å²) in [6.45, 7) is 3.00. The molecule has 4 rings (SSSR count). The van der Waals surface area contributed by atoms with E-state index in [2.05, 4.69) is 44.5 Å². The van der Waals surface area contributed by atoms with Crippen LogP contribution in [0.5, 0.6) is 5.75 Å². The molecule has 34 heavy (non-hydrogen) atoms. The van der Waals surface area contributed by atoms with Crippen molar-refractivity contribution >= 4 is 17.6 Å². The van der Waals surface area contributed by atoms with Crippen molar-refractivity contribution in [1.29, 1.82) is 0 Å². The molecule has 1 saturated carbocycles. The number of rotatable bonds is 7. The molecule has 1 aromatic carbocycles. The topological polar surface area (TPSA) is 116 Å². The molecule has 3 N–H and O–H groups in total. The standard InChI is InChI=1S/C26H34N4O4/c1-17-25(33)24(26(34)27-16-23(31)32)29-22(28-17)15-18-11-13-30(14-12-18)21-9-7-20(8-10-21)19-5-3-2-4-6-19/h7-10,18-19,33H,2-6,11-16H2,1H3,(H,27,34)(H,31,32). The molecule has 1 aliphatic heterocycles. The van der Waals surface area contributed by atoms with Crippen LogP contribution in [0.4, 0.5) is 5.69 Å². The van der Waals surface area contributed by atoms with Crippen LogP contribution in [-0.4, -0.2) is 51.7 Å². The summed E-state index contributed by atoms with van der Waals surface area (Å²) in [5, 5.41) is 21.2. The number of nitrogens with zero attached hydrogens (tertiary/aromatic N) is 3. The van der Waals surface area contributed by atoms with Crippen molar-refractivity contribution in [3.05, 3.63) is 47.0 Å². The molecule has 2 aromatic rings. The van der Waals surface area contributed by atoms with E-state index in [9.17, 15) is 14.7 Å². The molecule has 0 atom stereocenters. The lowest BCUT2D eigenvalue weighted by molar-refractivity contribution is -0.135. The zero-order valence-electron chi connectivity index (χ0n) is 19.8. The third-order valence-corrected chi connectivity index (χ3v) is 7.14. The van der Waals surface area contributed by atoms with E-state index in [1.807, 2.05) is 0 Å². The normalized spacial score (nSPS) is 17.5. The summed E-state index contributed by atoms with van der Waals surface area (Å²) in [4.78, 5) is 34.0. The first kappa shape index (κ1) is 24.0. The fourth-order valence-corrected chi connectivity index (χ4v) is 5.16. The highest BCUT2D eigenvalue weighted by Gasteiger charge is 2.24. The van der Waals surface area contributed by atoms with Gasteiger partial charge in [0.25, 0.3) is 5.91 Å². The highest BCUT2D eigenvalue weighted by atomic mass is 16.4. The van der Waals surface area contributed by atoms with E-state index in [1.165, 1.54) is 43.4 Å². The van der Waals surface area contributed by atoms with Crippen LogP contribution < -0.4 is 10.2 Å². The summed E-state index contributed by atoms with van der Waals surface area (Å²) < 4.78 is 0. The summed E-state index contributed by atoms with van der Waals surface area (Å²) >= 11 is 0. The zero-order valence-corrected chi connectivity index (χ0v) is 19.8. The Labute approximate surface area is 200 Å². The molecule has 2 fully saturated rings. The predicted octanol–water partition coefficient (Wildman–Crippen LogP) is 3.81. The minimum Gasteiger partial charge on any atom is -0.504 e. The van der Waals surface area contributed by atoms with E-state index in [0.29, 0.717) is 23.9 Å². The zero-order chi connectivity index (χ0) is 24.1. The maximum absolute atomic E-state index is 12.3. The molecule has 1 saturated heterocycles. The summed E-state index contributed by atoms with van der Waals surface area (Å²) in [7, 11) is 0. The highest BCUT2D eigenvalue weighted by molar-refractivity contribution is 5.96. The van der Waals surface area contributed by atoms with E-state index in [0.717, 1.165) is 31.8 Å². The maximum atomic E-state index is 12.3. The molecule has 0 radical (unpaired) electrons. The van der Waals surface area contributed by atoms with Gasteiger partial charge in [0.05, 0.1) is 5.69 Å². The van der Waals surface area contributed by atoms with Gasteiger partial charge in [-0.2, -0.15) is 0 Å². The van der Waals surface area contributed by atoms with Crippen molar-refractivity contribution in [2.24, 2.45) is 5.92 Å². The number of carboxylic acid groups (broad SMARTS) is 1. The molecule has 8 nitrogen and oxygen atoms in total. The second kappa shape index (κ2) is 10.8. The van der Waals surface area contributed by atoms with Crippen molar-refractivity contribution in [3.8, 4) is 5.75 Å². The van der Waals surface area contributed by atoms with E-state index >= 15 is 0 Å². The number of amides is 1. The Hall–Kier alpha value is -3.16. The number of carboxylic acids is 1. The average Bonchev–Trinajstić information content (AvgIpc) is 2.86. The third kappa shape index (κ3) is 5.85. The number of aromatic nitrogens is 2. The largest absolute Gasteiger partial charge is 0.504 e. The van der Waals surface area contributed by atoms with Crippen LogP contribution in [0.25, 0.3) is 0 Å². The molecule has 0 unspecified atom stereocenters. The molecule has 182 valence electrons.